The Kier molecular flexibility index (Phi) is 2.25. The molecule has 1 N–H and O–H groups in total. The number of hydrogen-bond acceptors (Lipinski definition) is 3. The second-order valence-electron chi connectivity index (χ2n) is 3.60. The van der Waals surface area contributed by atoms with Crippen LogP contribution in [-0.2, 0) is 9.53 Å². The van der Waals surface area contributed by atoms with Gasteiger partial charge in [0.1, 0.15) is 0 Å². The number of hydrogen-bond donors (Lipinski definition) is 1. The van der Waals surface area contributed by atoms with Gasteiger partial charge < -0.3 is 9.84 Å². The zero-order chi connectivity index (χ0) is 10.1. The zero-order valence-corrected chi connectivity index (χ0v) is 7.93. The average molecular weight is 192 g/mol. The number of benzene rings is 1. The van der Waals surface area contributed by atoms with E-state index in [0.717, 1.165) is 11.1 Å². The van der Waals surface area contributed by atoms with Crippen LogP contribution in [0.3, 0.4) is 0 Å². The Morgan fingerprint density at radius 1 is 1.36 bits per heavy atom. The highest BCUT2D eigenvalue weighted by atomic mass is 16.6. The first-order valence-electron chi connectivity index (χ1n) is 4.61. The SMILES string of the molecule is Cc1ccc(C2CC(=O)OC2O)cc1. The quantitative estimate of drug-likeness (QED) is 0.683. The molecule has 0 aliphatic carbocycles. The lowest BCUT2D eigenvalue weighted by Crippen LogP contribution is -2.12. The molecule has 74 valence electrons. The van der Waals surface area contributed by atoms with Crippen molar-refractivity contribution in [2.75, 3.05) is 0 Å². The molecule has 14 heavy (non-hydrogen) atoms. The van der Waals surface area contributed by atoms with Gasteiger partial charge in [-0.05, 0) is 12.5 Å². The standard InChI is InChI=1S/C11H12O3/c1-7-2-4-8(5-3-7)9-6-10(12)14-11(9)13/h2-5,9,11,13H,6H2,1H3. The van der Waals surface area contributed by atoms with Crippen LogP contribution < -0.4 is 0 Å². The average Bonchev–Trinajstić information content (AvgIpc) is 2.47. The van der Waals surface area contributed by atoms with Crippen LogP contribution in [0.15, 0.2) is 24.3 Å². The fourth-order valence-corrected chi connectivity index (χ4v) is 1.64. The number of rotatable bonds is 1. The Bertz CT molecular complexity index is 342. The zero-order valence-electron chi connectivity index (χ0n) is 7.93. The van der Waals surface area contributed by atoms with E-state index in [1.807, 2.05) is 31.2 Å². The summed E-state index contributed by atoms with van der Waals surface area (Å²) in [5.41, 5.74) is 2.11. The van der Waals surface area contributed by atoms with Crippen LogP contribution in [-0.4, -0.2) is 17.4 Å². The maximum atomic E-state index is 10.9. The van der Waals surface area contributed by atoms with Crippen LogP contribution in [0, 0.1) is 6.92 Å². The smallest absolute Gasteiger partial charge is 0.308 e. The number of cyclic esters (lactones) is 1. The summed E-state index contributed by atoms with van der Waals surface area (Å²) in [5.74, 6) is -0.536. The van der Waals surface area contributed by atoms with E-state index in [-0.39, 0.29) is 18.3 Å². The molecule has 2 unspecified atom stereocenters. The number of esters is 1. The van der Waals surface area contributed by atoms with Crippen molar-refractivity contribution >= 4 is 5.97 Å². The van der Waals surface area contributed by atoms with E-state index < -0.39 is 6.29 Å². The maximum Gasteiger partial charge on any atom is 0.308 e. The first-order chi connectivity index (χ1) is 6.66. The Balaban J connectivity index is 2.23. The van der Waals surface area contributed by atoms with Gasteiger partial charge in [0, 0.05) is 0 Å². The number of ether oxygens (including phenoxy) is 1. The van der Waals surface area contributed by atoms with Crippen LogP contribution in [0.1, 0.15) is 23.5 Å². The van der Waals surface area contributed by atoms with Gasteiger partial charge in [0.15, 0.2) is 0 Å². The van der Waals surface area contributed by atoms with Gasteiger partial charge in [-0.2, -0.15) is 0 Å². The fourth-order valence-electron chi connectivity index (χ4n) is 1.64. The van der Waals surface area contributed by atoms with Crippen LogP contribution in [0.2, 0.25) is 0 Å². The van der Waals surface area contributed by atoms with Crippen molar-refractivity contribution in [2.24, 2.45) is 0 Å². The summed E-state index contributed by atoms with van der Waals surface area (Å²) in [4.78, 5) is 10.9. The molecule has 0 amide bonds. The number of aliphatic hydroxyl groups is 1. The molecular weight excluding hydrogens is 180 g/mol. The molecule has 0 bridgehead atoms. The van der Waals surface area contributed by atoms with Gasteiger partial charge in [0.2, 0.25) is 6.29 Å². The summed E-state index contributed by atoms with van der Waals surface area (Å²) in [6, 6.07) is 7.77. The number of carbonyl (C=O) groups excluding carboxylic acids is 1. The van der Waals surface area contributed by atoms with E-state index in [0.29, 0.717) is 0 Å². The minimum atomic E-state index is -0.981. The molecule has 2 rings (SSSR count). The lowest BCUT2D eigenvalue weighted by atomic mass is 9.96. The van der Waals surface area contributed by atoms with Crippen molar-refractivity contribution in [1.82, 2.24) is 0 Å². The third-order valence-electron chi connectivity index (χ3n) is 2.49. The van der Waals surface area contributed by atoms with Gasteiger partial charge in [0.25, 0.3) is 0 Å². The summed E-state index contributed by atoms with van der Waals surface area (Å²) in [7, 11) is 0. The van der Waals surface area contributed by atoms with Gasteiger partial charge in [-0.15, -0.1) is 0 Å². The van der Waals surface area contributed by atoms with Gasteiger partial charge in [-0.3, -0.25) is 4.79 Å². The summed E-state index contributed by atoms with van der Waals surface area (Å²) >= 11 is 0. The van der Waals surface area contributed by atoms with Gasteiger partial charge in [0.05, 0.1) is 12.3 Å². The summed E-state index contributed by atoms with van der Waals surface area (Å²) in [5, 5.41) is 9.44. The third-order valence-corrected chi connectivity index (χ3v) is 2.49. The Hall–Kier alpha value is -1.35. The molecule has 0 spiro atoms. The molecule has 0 radical (unpaired) electrons. The first-order valence-corrected chi connectivity index (χ1v) is 4.61. The van der Waals surface area contributed by atoms with E-state index in [4.69, 9.17) is 0 Å². The Morgan fingerprint density at radius 3 is 2.50 bits per heavy atom. The molecule has 1 heterocycles. The normalized spacial score (nSPS) is 26.3. The van der Waals surface area contributed by atoms with E-state index in [1.165, 1.54) is 0 Å². The van der Waals surface area contributed by atoms with Gasteiger partial charge in [-0.25, -0.2) is 0 Å². The van der Waals surface area contributed by atoms with Crippen molar-refractivity contribution in [3.8, 4) is 0 Å². The summed E-state index contributed by atoms with van der Waals surface area (Å²) < 4.78 is 4.68. The number of aryl methyl sites for hydroxylation is 1. The van der Waals surface area contributed by atoms with E-state index in [2.05, 4.69) is 4.74 Å². The Morgan fingerprint density at radius 2 is 2.00 bits per heavy atom. The molecular formula is C11H12O3. The highest BCUT2D eigenvalue weighted by Gasteiger charge is 2.34. The van der Waals surface area contributed by atoms with E-state index in [9.17, 15) is 9.90 Å². The first kappa shape index (κ1) is 9.21. The number of carbonyl (C=O) groups is 1. The largest absolute Gasteiger partial charge is 0.435 e. The fraction of sp³-hybridized carbons (Fsp3) is 0.364. The summed E-state index contributed by atoms with van der Waals surface area (Å²) in [6.45, 7) is 2.00. The molecule has 0 aromatic heterocycles. The van der Waals surface area contributed by atoms with Crippen molar-refractivity contribution in [3.05, 3.63) is 35.4 Å². The molecule has 1 aromatic rings. The van der Waals surface area contributed by atoms with Gasteiger partial charge in [-0.1, -0.05) is 29.8 Å². The van der Waals surface area contributed by atoms with E-state index >= 15 is 0 Å². The molecule has 3 heteroatoms. The molecule has 1 aliphatic heterocycles. The molecule has 1 aromatic carbocycles. The number of aliphatic hydroxyl groups excluding tert-OH is 1. The summed E-state index contributed by atoms with van der Waals surface area (Å²) in [6.07, 6.45) is -0.713. The molecule has 1 aliphatic rings. The van der Waals surface area contributed by atoms with Gasteiger partial charge >= 0.3 is 5.97 Å². The highest BCUT2D eigenvalue weighted by Crippen LogP contribution is 2.30. The van der Waals surface area contributed by atoms with Crippen molar-refractivity contribution < 1.29 is 14.6 Å². The molecule has 1 fully saturated rings. The molecule has 3 nitrogen and oxygen atoms in total. The van der Waals surface area contributed by atoms with Crippen LogP contribution in [0.4, 0.5) is 0 Å². The topological polar surface area (TPSA) is 46.5 Å². The van der Waals surface area contributed by atoms with Crippen LogP contribution in [0.25, 0.3) is 0 Å². The monoisotopic (exact) mass is 192 g/mol. The second kappa shape index (κ2) is 3.42. The molecule has 1 saturated heterocycles. The predicted octanol–water partition coefficient (Wildman–Crippen LogP) is 1.34. The van der Waals surface area contributed by atoms with Crippen molar-refractivity contribution in [3.63, 3.8) is 0 Å². The maximum absolute atomic E-state index is 10.9. The second-order valence-corrected chi connectivity index (χ2v) is 3.60. The lowest BCUT2D eigenvalue weighted by Gasteiger charge is -2.11. The van der Waals surface area contributed by atoms with Crippen LogP contribution in [0.5, 0.6) is 0 Å². The molecule has 0 saturated carbocycles. The minimum absolute atomic E-state index is 0.205. The lowest BCUT2D eigenvalue weighted by molar-refractivity contribution is -0.154. The third kappa shape index (κ3) is 1.63. The van der Waals surface area contributed by atoms with Crippen molar-refractivity contribution in [1.29, 1.82) is 0 Å². The Labute approximate surface area is 82.3 Å². The van der Waals surface area contributed by atoms with Crippen LogP contribution >= 0.6 is 0 Å². The predicted molar refractivity (Wildman–Crippen MR) is 50.6 cm³/mol. The van der Waals surface area contributed by atoms with Crippen molar-refractivity contribution in [2.45, 2.75) is 25.6 Å². The molecule has 2 atom stereocenters. The van der Waals surface area contributed by atoms with E-state index in [1.54, 1.807) is 0 Å². The minimum Gasteiger partial charge on any atom is -0.435 e. The highest BCUT2D eigenvalue weighted by molar-refractivity contribution is 5.73.